The zero-order valence-electron chi connectivity index (χ0n) is 14.3. The highest BCUT2D eigenvalue weighted by Crippen LogP contribution is 2.12. The molecule has 0 saturated carbocycles. The molecular formula is C18H22N2O4S. The van der Waals surface area contributed by atoms with Gasteiger partial charge in [0, 0.05) is 6.54 Å². The second-order valence-electron chi connectivity index (χ2n) is 5.50. The first-order valence-electron chi connectivity index (χ1n) is 8.00. The molecule has 25 heavy (non-hydrogen) atoms. The fourth-order valence-corrected chi connectivity index (χ4v) is 3.10. The third-order valence-corrected chi connectivity index (χ3v) is 4.84. The van der Waals surface area contributed by atoms with Gasteiger partial charge in [-0.05, 0) is 50.1 Å². The Morgan fingerprint density at radius 1 is 1.04 bits per heavy atom. The molecule has 0 bridgehead atoms. The van der Waals surface area contributed by atoms with Crippen LogP contribution in [0.5, 0.6) is 5.75 Å². The quantitative estimate of drug-likeness (QED) is 0.793. The molecule has 2 N–H and O–H groups in total. The minimum absolute atomic E-state index is 0.0553. The van der Waals surface area contributed by atoms with Crippen LogP contribution in [-0.2, 0) is 16.4 Å². The van der Waals surface area contributed by atoms with E-state index in [-0.39, 0.29) is 4.90 Å². The first-order chi connectivity index (χ1) is 11.9. The van der Waals surface area contributed by atoms with Crippen LogP contribution in [0, 0.1) is 6.92 Å². The number of carbonyl (C=O) groups is 1. The zero-order chi connectivity index (χ0) is 18.3. The van der Waals surface area contributed by atoms with Crippen molar-refractivity contribution in [1.82, 2.24) is 10.0 Å². The van der Waals surface area contributed by atoms with Crippen LogP contribution in [0.4, 0.5) is 4.79 Å². The molecule has 6 nitrogen and oxygen atoms in total. The summed E-state index contributed by atoms with van der Waals surface area (Å²) in [6.07, 6.45) is 0.588. The normalized spacial score (nSPS) is 11.0. The molecule has 0 spiro atoms. The highest BCUT2D eigenvalue weighted by atomic mass is 32.2. The molecule has 2 amide bonds. The number of ether oxygens (including phenoxy) is 1. The molecule has 7 heteroatoms. The highest BCUT2D eigenvalue weighted by Gasteiger charge is 2.16. The summed E-state index contributed by atoms with van der Waals surface area (Å²) < 4.78 is 31.6. The molecule has 0 atom stereocenters. The Kier molecular flexibility index (Phi) is 6.41. The number of amides is 2. The maximum absolute atomic E-state index is 12.1. The molecule has 0 heterocycles. The number of carbonyl (C=O) groups excluding carboxylic acids is 1. The summed E-state index contributed by atoms with van der Waals surface area (Å²) in [5, 5.41) is 2.55. The molecular weight excluding hydrogens is 340 g/mol. The molecule has 0 fully saturated rings. The second-order valence-corrected chi connectivity index (χ2v) is 7.18. The van der Waals surface area contributed by atoms with E-state index in [1.807, 2.05) is 42.8 Å². The summed E-state index contributed by atoms with van der Waals surface area (Å²) in [4.78, 5) is 11.9. The van der Waals surface area contributed by atoms with Crippen LogP contribution in [0.1, 0.15) is 18.1 Å². The Balaban J connectivity index is 1.83. The topological polar surface area (TPSA) is 84.5 Å². The van der Waals surface area contributed by atoms with Gasteiger partial charge in [0.1, 0.15) is 5.75 Å². The van der Waals surface area contributed by atoms with E-state index < -0.39 is 16.1 Å². The van der Waals surface area contributed by atoms with Gasteiger partial charge in [-0.1, -0.05) is 29.8 Å². The Bertz CT molecular complexity index is 800. The number of hydrogen-bond acceptors (Lipinski definition) is 4. The number of sulfonamides is 1. The largest absolute Gasteiger partial charge is 0.494 e. The monoisotopic (exact) mass is 362 g/mol. The van der Waals surface area contributed by atoms with Gasteiger partial charge in [-0.2, -0.15) is 0 Å². The Labute approximate surface area is 148 Å². The molecule has 0 radical (unpaired) electrons. The lowest BCUT2D eigenvalue weighted by Crippen LogP contribution is -2.40. The molecule has 0 aromatic heterocycles. The number of aryl methyl sites for hydroxylation is 1. The van der Waals surface area contributed by atoms with Gasteiger partial charge in [-0.3, -0.25) is 0 Å². The van der Waals surface area contributed by atoms with Crippen molar-refractivity contribution in [2.24, 2.45) is 0 Å². The Hall–Kier alpha value is -2.54. The van der Waals surface area contributed by atoms with Gasteiger partial charge in [0.25, 0.3) is 10.0 Å². The van der Waals surface area contributed by atoms with Gasteiger partial charge < -0.3 is 10.1 Å². The molecule has 0 saturated heterocycles. The van der Waals surface area contributed by atoms with E-state index in [1.54, 1.807) is 12.1 Å². The van der Waals surface area contributed by atoms with Gasteiger partial charge in [-0.25, -0.2) is 17.9 Å². The van der Waals surface area contributed by atoms with Gasteiger partial charge in [0.2, 0.25) is 0 Å². The Morgan fingerprint density at radius 2 is 1.68 bits per heavy atom. The molecule has 0 aliphatic carbocycles. The first kappa shape index (κ1) is 18.8. The minimum atomic E-state index is -3.86. The van der Waals surface area contributed by atoms with Crippen LogP contribution in [0.3, 0.4) is 0 Å². The third-order valence-electron chi connectivity index (χ3n) is 3.49. The number of benzene rings is 2. The van der Waals surface area contributed by atoms with Crippen molar-refractivity contribution in [3.8, 4) is 5.75 Å². The van der Waals surface area contributed by atoms with Crippen molar-refractivity contribution in [1.29, 1.82) is 0 Å². The predicted molar refractivity (Wildman–Crippen MR) is 96.2 cm³/mol. The van der Waals surface area contributed by atoms with E-state index in [9.17, 15) is 13.2 Å². The molecule has 2 aromatic rings. The number of hydrogen-bond donors (Lipinski definition) is 2. The van der Waals surface area contributed by atoms with Gasteiger partial charge >= 0.3 is 6.03 Å². The van der Waals surface area contributed by atoms with Crippen molar-refractivity contribution >= 4 is 16.1 Å². The van der Waals surface area contributed by atoms with Crippen molar-refractivity contribution in [2.75, 3.05) is 13.2 Å². The zero-order valence-corrected chi connectivity index (χ0v) is 15.1. The lowest BCUT2D eigenvalue weighted by Gasteiger charge is -2.09. The summed E-state index contributed by atoms with van der Waals surface area (Å²) in [5.74, 6) is 0.793. The summed E-state index contributed by atoms with van der Waals surface area (Å²) in [5.41, 5.74) is 1.96. The van der Waals surface area contributed by atoms with E-state index >= 15 is 0 Å². The van der Waals surface area contributed by atoms with Crippen LogP contribution in [0.15, 0.2) is 53.4 Å². The second kappa shape index (κ2) is 8.53. The lowest BCUT2D eigenvalue weighted by atomic mass is 10.1. The highest BCUT2D eigenvalue weighted by molar-refractivity contribution is 7.90. The molecule has 0 aliphatic rings. The van der Waals surface area contributed by atoms with Crippen LogP contribution in [-0.4, -0.2) is 27.6 Å². The average molecular weight is 362 g/mol. The summed E-state index contributed by atoms with van der Waals surface area (Å²) in [6, 6.07) is 13.1. The van der Waals surface area contributed by atoms with Crippen molar-refractivity contribution < 1.29 is 17.9 Å². The smallest absolute Gasteiger partial charge is 0.328 e. The van der Waals surface area contributed by atoms with E-state index in [1.165, 1.54) is 12.1 Å². The van der Waals surface area contributed by atoms with Crippen LogP contribution < -0.4 is 14.8 Å². The molecule has 2 aromatic carbocycles. The number of nitrogens with one attached hydrogen (secondary N) is 2. The van der Waals surface area contributed by atoms with Gasteiger partial charge in [0.15, 0.2) is 0 Å². The molecule has 0 unspecified atom stereocenters. The molecule has 0 aliphatic heterocycles. The van der Waals surface area contributed by atoms with E-state index in [0.717, 1.165) is 16.9 Å². The predicted octanol–water partition coefficient (Wildman–Crippen LogP) is 2.62. The fraction of sp³-hybridized carbons (Fsp3) is 0.278. The van der Waals surface area contributed by atoms with Crippen LogP contribution >= 0.6 is 0 Å². The fourth-order valence-electron chi connectivity index (χ4n) is 2.17. The Morgan fingerprint density at radius 3 is 2.28 bits per heavy atom. The van der Waals surface area contributed by atoms with Crippen molar-refractivity contribution in [3.05, 3.63) is 59.7 Å². The summed E-state index contributed by atoms with van der Waals surface area (Å²) in [7, 11) is -3.86. The van der Waals surface area contributed by atoms with Crippen LogP contribution in [0.25, 0.3) is 0 Å². The van der Waals surface area contributed by atoms with E-state index in [2.05, 4.69) is 5.32 Å². The third kappa shape index (κ3) is 5.79. The standard InChI is InChI=1S/C18H22N2O4S/c1-3-24-16-8-6-15(7-9-16)12-13-19-18(21)20-25(22,23)17-10-4-14(2)5-11-17/h4-11H,3,12-13H2,1-2H3,(H2,19,20,21). The molecule has 2 rings (SSSR count). The number of urea groups is 1. The average Bonchev–Trinajstić information content (AvgIpc) is 2.56. The van der Waals surface area contributed by atoms with Gasteiger partial charge in [-0.15, -0.1) is 0 Å². The minimum Gasteiger partial charge on any atom is -0.494 e. The molecule has 134 valence electrons. The number of rotatable bonds is 7. The SMILES string of the molecule is CCOc1ccc(CCNC(=O)NS(=O)(=O)c2ccc(C)cc2)cc1. The summed E-state index contributed by atoms with van der Waals surface area (Å²) in [6.45, 7) is 4.71. The summed E-state index contributed by atoms with van der Waals surface area (Å²) >= 11 is 0. The van der Waals surface area contributed by atoms with E-state index in [4.69, 9.17) is 4.74 Å². The first-order valence-corrected chi connectivity index (χ1v) is 9.48. The van der Waals surface area contributed by atoms with Gasteiger partial charge in [0.05, 0.1) is 11.5 Å². The van der Waals surface area contributed by atoms with Crippen molar-refractivity contribution in [3.63, 3.8) is 0 Å². The maximum Gasteiger partial charge on any atom is 0.328 e. The van der Waals surface area contributed by atoms with E-state index in [0.29, 0.717) is 19.6 Å². The lowest BCUT2D eigenvalue weighted by molar-refractivity contribution is 0.246. The van der Waals surface area contributed by atoms with Crippen molar-refractivity contribution in [2.45, 2.75) is 25.2 Å². The maximum atomic E-state index is 12.1. The van der Waals surface area contributed by atoms with Crippen LogP contribution in [0.2, 0.25) is 0 Å².